The van der Waals surface area contributed by atoms with E-state index in [2.05, 4.69) is 46.8 Å². The molecule has 0 aliphatic carbocycles. The number of thiazole rings is 2. The number of benzene rings is 1. The van der Waals surface area contributed by atoms with E-state index in [-0.39, 0.29) is 0 Å². The van der Waals surface area contributed by atoms with E-state index in [1.165, 1.54) is 19.9 Å². The zero-order valence-corrected chi connectivity index (χ0v) is 14.4. The van der Waals surface area contributed by atoms with Crippen LogP contribution in [0.25, 0.3) is 20.4 Å². The second-order valence-corrected chi connectivity index (χ2v) is 7.87. The molecule has 0 spiro atoms. The van der Waals surface area contributed by atoms with Crippen LogP contribution in [0.1, 0.15) is 10.0 Å². The Kier molecular flexibility index (Phi) is 4.59. The van der Waals surface area contributed by atoms with E-state index < -0.39 is 10.4 Å². The van der Waals surface area contributed by atoms with Gasteiger partial charge in [-0.3, -0.25) is 4.18 Å². The van der Waals surface area contributed by atoms with Crippen molar-refractivity contribution >= 4 is 53.5 Å². The normalized spacial score (nSPS) is 11.7. The predicted octanol–water partition coefficient (Wildman–Crippen LogP) is 2.05. The summed E-state index contributed by atoms with van der Waals surface area (Å²) in [5.74, 6) is 0. The fourth-order valence-corrected chi connectivity index (χ4v) is 3.71. The first-order valence-electron chi connectivity index (χ1n) is 5.89. The zero-order chi connectivity index (χ0) is 15.8. The summed E-state index contributed by atoms with van der Waals surface area (Å²) in [6.45, 7) is 4.21. The van der Waals surface area contributed by atoms with Gasteiger partial charge in [-0.25, -0.2) is 13.4 Å². The van der Waals surface area contributed by atoms with Crippen molar-refractivity contribution in [2.45, 2.75) is 13.8 Å². The molecule has 0 N–H and O–H groups in total. The van der Waals surface area contributed by atoms with Crippen molar-refractivity contribution in [3.05, 3.63) is 22.1 Å². The van der Waals surface area contributed by atoms with E-state index in [1.807, 2.05) is 11.3 Å². The van der Waals surface area contributed by atoms with Gasteiger partial charge in [0.25, 0.3) is 5.52 Å². The smallest absolute Gasteiger partial charge is 0.250 e. The van der Waals surface area contributed by atoms with E-state index in [1.54, 1.807) is 11.3 Å². The maximum absolute atomic E-state index is 9.22. The van der Waals surface area contributed by atoms with Crippen molar-refractivity contribution in [3.63, 3.8) is 0 Å². The van der Waals surface area contributed by atoms with Gasteiger partial charge in [0.05, 0.1) is 16.8 Å². The molecule has 21 heavy (non-hydrogen) atoms. The van der Waals surface area contributed by atoms with Crippen LogP contribution in [0.4, 0.5) is 0 Å². The summed E-state index contributed by atoms with van der Waals surface area (Å²) >= 11 is 3.60. The molecule has 0 aliphatic heterocycles. The van der Waals surface area contributed by atoms with Gasteiger partial charge < -0.3 is 4.55 Å². The monoisotopic (exact) mass is 346 g/mol. The molecule has 114 valence electrons. The molecule has 0 saturated heterocycles. The first kappa shape index (κ1) is 16.2. The average molecular weight is 346 g/mol. The van der Waals surface area contributed by atoms with Gasteiger partial charge >= 0.3 is 0 Å². The minimum atomic E-state index is -4.41. The number of rotatable bonds is 1. The van der Waals surface area contributed by atoms with Crippen molar-refractivity contribution in [2.24, 2.45) is 7.05 Å². The van der Waals surface area contributed by atoms with Gasteiger partial charge in [-0.1, -0.05) is 11.3 Å². The number of fused-ring (bicyclic) bond motifs is 3. The number of hydrogen-bond donors (Lipinski definition) is 0. The molecule has 3 rings (SSSR count). The van der Waals surface area contributed by atoms with Crippen molar-refractivity contribution in [1.29, 1.82) is 0 Å². The van der Waals surface area contributed by atoms with Crippen LogP contribution in [0.5, 0.6) is 0 Å². The number of hydrogen-bond acceptors (Lipinski definition) is 7. The summed E-state index contributed by atoms with van der Waals surface area (Å²) in [5.41, 5.74) is 2.43. The average Bonchev–Trinajstić information content (AvgIpc) is 2.90. The largest absolute Gasteiger partial charge is 0.726 e. The molecule has 1 aromatic carbocycles. The maximum atomic E-state index is 9.22. The standard InChI is InChI=1S/C11H11N2S2.CH4O4S/c1-6-12-10-8(14-6)4-5-9-11(10)13(3)7(2)15-9;1-5-6(2,3)4/h4-5H,1-3H3;1H3,(H,2,3,4)/q+1;/p-1. The minimum Gasteiger partial charge on any atom is -0.726 e. The highest BCUT2D eigenvalue weighted by Crippen LogP contribution is 2.30. The number of aryl methyl sites for hydroxylation is 3. The quantitative estimate of drug-likeness (QED) is 0.382. The highest BCUT2D eigenvalue weighted by molar-refractivity contribution is 7.80. The molecule has 0 bridgehead atoms. The van der Waals surface area contributed by atoms with Gasteiger partial charge in [-0.2, -0.15) is 4.57 Å². The van der Waals surface area contributed by atoms with Gasteiger partial charge in [0.2, 0.25) is 15.4 Å². The molecule has 0 aliphatic rings. The second-order valence-electron chi connectivity index (χ2n) is 4.25. The topological polar surface area (TPSA) is 83.2 Å². The Bertz CT molecular complexity index is 896. The highest BCUT2D eigenvalue weighted by Gasteiger charge is 2.18. The lowest BCUT2D eigenvalue weighted by Crippen LogP contribution is -2.28. The Morgan fingerprint density at radius 3 is 2.38 bits per heavy atom. The molecular weight excluding hydrogens is 332 g/mol. The third kappa shape index (κ3) is 3.55. The van der Waals surface area contributed by atoms with Gasteiger partial charge in [0, 0.05) is 6.92 Å². The van der Waals surface area contributed by atoms with Crippen LogP contribution in [0.15, 0.2) is 12.1 Å². The van der Waals surface area contributed by atoms with Crippen LogP contribution >= 0.6 is 22.7 Å². The summed E-state index contributed by atoms with van der Waals surface area (Å²) in [6.07, 6.45) is 0. The lowest BCUT2D eigenvalue weighted by Gasteiger charge is -1.98. The Morgan fingerprint density at radius 2 is 1.81 bits per heavy atom. The Morgan fingerprint density at radius 1 is 1.24 bits per heavy atom. The van der Waals surface area contributed by atoms with Crippen LogP contribution in [-0.4, -0.2) is 25.1 Å². The molecule has 0 radical (unpaired) electrons. The fourth-order valence-electron chi connectivity index (χ4n) is 1.86. The van der Waals surface area contributed by atoms with E-state index in [0.29, 0.717) is 0 Å². The first-order valence-corrected chi connectivity index (χ1v) is 8.86. The highest BCUT2D eigenvalue weighted by atomic mass is 32.3. The minimum absolute atomic E-state index is 0.808. The van der Waals surface area contributed by atoms with E-state index >= 15 is 0 Å². The fraction of sp³-hybridized carbons (Fsp3) is 0.333. The van der Waals surface area contributed by atoms with Crippen molar-refractivity contribution in [3.8, 4) is 0 Å². The molecular formula is C12H14N2O4S3. The van der Waals surface area contributed by atoms with Gasteiger partial charge in [0.15, 0.2) is 5.52 Å². The molecule has 0 unspecified atom stereocenters. The van der Waals surface area contributed by atoms with Crippen molar-refractivity contribution in [1.82, 2.24) is 4.98 Å². The SMILES string of the molecule is COS(=O)(=O)[O-].Cc1nc2c(ccc3sc(C)[n+](C)c32)s1. The van der Waals surface area contributed by atoms with Crippen LogP contribution in [0.3, 0.4) is 0 Å². The van der Waals surface area contributed by atoms with Crippen molar-refractivity contribution < 1.29 is 21.7 Å². The Hall–Kier alpha value is -1.13. The molecule has 0 saturated carbocycles. The summed E-state index contributed by atoms with van der Waals surface area (Å²) in [5, 5.41) is 2.46. The molecule has 9 heteroatoms. The number of nitrogens with zero attached hydrogens (tertiary/aromatic N) is 2. The maximum Gasteiger partial charge on any atom is 0.250 e. The van der Waals surface area contributed by atoms with Crippen LogP contribution < -0.4 is 4.57 Å². The summed E-state index contributed by atoms with van der Waals surface area (Å²) in [7, 11) is -1.49. The molecule has 2 heterocycles. The van der Waals surface area contributed by atoms with Gasteiger partial charge in [0.1, 0.15) is 11.7 Å². The lowest BCUT2D eigenvalue weighted by molar-refractivity contribution is -0.645. The number of aromatic nitrogens is 2. The molecule has 0 atom stereocenters. The van der Waals surface area contributed by atoms with Crippen LogP contribution in [0, 0.1) is 13.8 Å². The van der Waals surface area contributed by atoms with E-state index in [9.17, 15) is 13.0 Å². The summed E-state index contributed by atoms with van der Waals surface area (Å²) in [4.78, 5) is 4.62. The third-order valence-electron chi connectivity index (χ3n) is 2.87. The van der Waals surface area contributed by atoms with Crippen LogP contribution in [0.2, 0.25) is 0 Å². The summed E-state index contributed by atoms with van der Waals surface area (Å²) < 4.78 is 35.9. The molecule has 0 amide bonds. The van der Waals surface area contributed by atoms with Crippen molar-refractivity contribution in [2.75, 3.05) is 7.11 Å². The zero-order valence-electron chi connectivity index (χ0n) is 11.9. The third-order valence-corrected chi connectivity index (χ3v) is 5.34. The second kappa shape index (κ2) is 5.93. The van der Waals surface area contributed by atoms with Crippen LogP contribution in [-0.2, 0) is 21.6 Å². The molecule has 6 nitrogen and oxygen atoms in total. The predicted molar refractivity (Wildman–Crippen MR) is 82.4 cm³/mol. The van der Waals surface area contributed by atoms with Gasteiger partial charge in [-0.05, 0) is 19.1 Å². The van der Waals surface area contributed by atoms with E-state index in [0.717, 1.165) is 17.6 Å². The van der Waals surface area contributed by atoms with Gasteiger partial charge in [-0.15, -0.1) is 11.3 Å². The lowest BCUT2D eigenvalue weighted by atomic mass is 10.3. The summed E-state index contributed by atoms with van der Waals surface area (Å²) in [6, 6.07) is 4.38. The first-order chi connectivity index (χ1) is 9.73. The molecule has 3 aromatic rings. The van der Waals surface area contributed by atoms with E-state index in [4.69, 9.17) is 0 Å². The molecule has 2 aromatic heterocycles. The molecule has 0 fully saturated rings. The Balaban J connectivity index is 0.000000232. The Labute approximate surface area is 130 Å².